The Morgan fingerprint density at radius 2 is 2.00 bits per heavy atom. The predicted molar refractivity (Wildman–Crippen MR) is 79.9 cm³/mol. The number of rotatable bonds is 4. The maximum atomic E-state index is 12.2. The smallest absolute Gasteiger partial charge is 0.253 e. The lowest BCUT2D eigenvalue weighted by Crippen LogP contribution is -2.34. The number of hydrogen-bond donors (Lipinski definition) is 3. The van der Waals surface area contributed by atoms with E-state index in [1.807, 2.05) is 19.1 Å². The maximum Gasteiger partial charge on any atom is 0.253 e. The van der Waals surface area contributed by atoms with Crippen LogP contribution in [0, 0.1) is 18.3 Å². The summed E-state index contributed by atoms with van der Waals surface area (Å²) in [6.45, 7) is 11.3. The van der Waals surface area contributed by atoms with E-state index < -0.39 is 0 Å². The standard InChI is InChI=1S/C15H25N3O/c1-10-6-7-12(13(8-10)18-16)14(19)17-9-11(2)15(3,4)5/h6-8,11,18H,9,16H2,1-5H3,(H,17,19). The van der Waals surface area contributed by atoms with Crippen molar-refractivity contribution in [1.82, 2.24) is 5.32 Å². The zero-order valence-electron chi connectivity index (χ0n) is 12.5. The lowest BCUT2D eigenvalue weighted by Gasteiger charge is -2.27. The molecular formula is C15H25N3O. The molecule has 1 unspecified atom stereocenters. The fourth-order valence-corrected chi connectivity index (χ4v) is 1.62. The first-order valence-electron chi connectivity index (χ1n) is 6.61. The summed E-state index contributed by atoms with van der Waals surface area (Å²) >= 11 is 0. The van der Waals surface area contributed by atoms with E-state index in [0.29, 0.717) is 23.7 Å². The first-order valence-corrected chi connectivity index (χ1v) is 6.61. The van der Waals surface area contributed by atoms with Gasteiger partial charge in [0.2, 0.25) is 0 Å². The number of hydrazine groups is 1. The van der Waals surface area contributed by atoms with Gasteiger partial charge in [0, 0.05) is 6.54 Å². The summed E-state index contributed by atoms with van der Waals surface area (Å²) in [4.78, 5) is 12.2. The Morgan fingerprint density at radius 1 is 1.37 bits per heavy atom. The summed E-state index contributed by atoms with van der Waals surface area (Å²) < 4.78 is 0. The molecule has 19 heavy (non-hydrogen) atoms. The number of nitrogens with two attached hydrogens (primary N) is 1. The van der Waals surface area contributed by atoms with Crippen LogP contribution in [0.2, 0.25) is 0 Å². The topological polar surface area (TPSA) is 67.2 Å². The largest absolute Gasteiger partial charge is 0.352 e. The van der Waals surface area contributed by atoms with E-state index in [9.17, 15) is 4.79 Å². The van der Waals surface area contributed by atoms with E-state index in [-0.39, 0.29) is 11.3 Å². The molecule has 0 aliphatic carbocycles. The monoisotopic (exact) mass is 263 g/mol. The van der Waals surface area contributed by atoms with E-state index in [0.717, 1.165) is 5.56 Å². The van der Waals surface area contributed by atoms with Gasteiger partial charge in [0.25, 0.3) is 5.91 Å². The number of nitrogen functional groups attached to an aromatic ring is 1. The minimum atomic E-state index is -0.0935. The Labute approximate surface area is 115 Å². The molecule has 1 rings (SSSR count). The molecule has 0 spiro atoms. The Morgan fingerprint density at radius 3 is 2.53 bits per heavy atom. The highest BCUT2D eigenvalue weighted by Gasteiger charge is 2.21. The van der Waals surface area contributed by atoms with Crippen LogP contribution in [-0.2, 0) is 0 Å². The Bertz CT molecular complexity index is 449. The van der Waals surface area contributed by atoms with Gasteiger partial charge in [-0.1, -0.05) is 33.8 Å². The number of benzene rings is 1. The third kappa shape index (κ3) is 4.24. The van der Waals surface area contributed by atoms with Crippen molar-refractivity contribution in [3.05, 3.63) is 29.3 Å². The van der Waals surface area contributed by atoms with Crippen molar-refractivity contribution in [3.63, 3.8) is 0 Å². The van der Waals surface area contributed by atoms with Crippen molar-refractivity contribution in [2.24, 2.45) is 17.2 Å². The second kappa shape index (κ2) is 6.06. The van der Waals surface area contributed by atoms with Gasteiger partial charge in [-0.2, -0.15) is 0 Å². The van der Waals surface area contributed by atoms with Gasteiger partial charge >= 0.3 is 0 Å². The molecule has 4 heteroatoms. The first kappa shape index (κ1) is 15.5. The van der Waals surface area contributed by atoms with Crippen LogP contribution in [0.5, 0.6) is 0 Å². The molecule has 1 atom stereocenters. The lowest BCUT2D eigenvalue weighted by atomic mass is 9.82. The Balaban J connectivity index is 2.74. The number of carbonyl (C=O) groups excluding carboxylic acids is 1. The zero-order chi connectivity index (χ0) is 14.6. The van der Waals surface area contributed by atoms with Gasteiger partial charge in [0.1, 0.15) is 0 Å². The highest BCUT2D eigenvalue weighted by molar-refractivity contribution is 5.99. The zero-order valence-corrected chi connectivity index (χ0v) is 12.5. The molecule has 106 valence electrons. The molecular weight excluding hydrogens is 238 g/mol. The third-order valence-electron chi connectivity index (χ3n) is 3.62. The molecule has 0 saturated carbocycles. The van der Waals surface area contributed by atoms with Gasteiger partial charge < -0.3 is 10.7 Å². The molecule has 4 nitrogen and oxygen atoms in total. The van der Waals surface area contributed by atoms with Crippen LogP contribution in [0.4, 0.5) is 5.69 Å². The molecule has 0 heterocycles. The van der Waals surface area contributed by atoms with E-state index in [1.165, 1.54) is 0 Å². The molecule has 1 aromatic carbocycles. The first-order chi connectivity index (χ1) is 8.75. The molecule has 1 aromatic rings. The van der Waals surface area contributed by atoms with Gasteiger partial charge in [-0.15, -0.1) is 0 Å². The van der Waals surface area contributed by atoms with E-state index >= 15 is 0 Å². The summed E-state index contributed by atoms with van der Waals surface area (Å²) in [5.74, 6) is 5.76. The van der Waals surface area contributed by atoms with E-state index in [4.69, 9.17) is 5.84 Å². The number of nitrogens with one attached hydrogen (secondary N) is 2. The van der Waals surface area contributed by atoms with Gasteiger partial charge in [-0.3, -0.25) is 10.6 Å². The molecule has 0 aliphatic heterocycles. The Hall–Kier alpha value is -1.55. The van der Waals surface area contributed by atoms with Crippen molar-refractivity contribution >= 4 is 11.6 Å². The summed E-state index contributed by atoms with van der Waals surface area (Å²) in [5, 5.41) is 2.96. The SMILES string of the molecule is Cc1ccc(C(=O)NCC(C)C(C)(C)C)c(NN)c1. The number of hydrogen-bond acceptors (Lipinski definition) is 3. The summed E-state index contributed by atoms with van der Waals surface area (Å²) in [6, 6.07) is 5.56. The predicted octanol–water partition coefficient (Wildman–Crippen LogP) is 2.69. The van der Waals surface area contributed by atoms with Crippen LogP contribution in [0.25, 0.3) is 0 Å². The van der Waals surface area contributed by atoms with Crippen molar-refractivity contribution in [1.29, 1.82) is 0 Å². The number of aryl methyl sites for hydroxylation is 1. The van der Waals surface area contributed by atoms with Crippen LogP contribution < -0.4 is 16.6 Å². The molecule has 0 saturated heterocycles. The number of carbonyl (C=O) groups is 1. The Kier molecular flexibility index (Phi) is 4.95. The van der Waals surface area contributed by atoms with Crippen LogP contribution in [0.15, 0.2) is 18.2 Å². The fourth-order valence-electron chi connectivity index (χ4n) is 1.62. The molecule has 0 fully saturated rings. The molecule has 1 amide bonds. The maximum absolute atomic E-state index is 12.2. The molecule has 0 aromatic heterocycles. The van der Waals surface area contributed by atoms with Gasteiger partial charge in [0.15, 0.2) is 0 Å². The van der Waals surface area contributed by atoms with Crippen molar-refractivity contribution < 1.29 is 4.79 Å². The van der Waals surface area contributed by atoms with Gasteiger partial charge in [-0.25, -0.2) is 0 Å². The summed E-state index contributed by atoms with van der Waals surface area (Å²) in [6.07, 6.45) is 0. The fraction of sp³-hybridized carbons (Fsp3) is 0.533. The normalized spacial score (nSPS) is 12.9. The van der Waals surface area contributed by atoms with Crippen molar-refractivity contribution in [2.75, 3.05) is 12.0 Å². The molecule has 0 aliphatic rings. The lowest BCUT2D eigenvalue weighted by molar-refractivity contribution is 0.0938. The van der Waals surface area contributed by atoms with Crippen LogP contribution >= 0.6 is 0 Å². The van der Waals surface area contributed by atoms with E-state index in [1.54, 1.807) is 6.07 Å². The average molecular weight is 263 g/mol. The third-order valence-corrected chi connectivity index (χ3v) is 3.62. The molecule has 4 N–H and O–H groups in total. The van der Waals surface area contributed by atoms with E-state index in [2.05, 4.69) is 38.4 Å². The second-order valence-electron chi connectivity index (χ2n) is 6.17. The minimum absolute atomic E-state index is 0.0935. The summed E-state index contributed by atoms with van der Waals surface area (Å²) in [7, 11) is 0. The van der Waals surface area contributed by atoms with Crippen LogP contribution in [0.3, 0.4) is 0 Å². The highest BCUT2D eigenvalue weighted by atomic mass is 16.1. The van der Waals surface area contributed by atoms with Gasteiger partial charge in [-0.05, 0) is 36.0 Å². The molecule has 0 bridgehead atoms. The minimum Gasteiger partial charge on any atom is -0.352 e. The second-order valence-corrected chi connectivity index (χ2v) is 6.17. The van der Waals surface area contributed by atoms with Crippen LogP contribution in [0.1, 0.15) is 43.6 Å². The molecule has 0 radical (unpaired) electrons. The van der Waals surface area contributed by atoms with Crippen molar-refractivity contribution in [2.45, 2.75) is 34.6 Å². The number of amides is 1. The van der Waals surface area contributed by atoms with Crippen LogP contribution in [-0.4, -0.2) is 12.5 Å². The van der Waals surface area contributed by atoms with Gasteiger partial charge in [0.05, 0.1) is 11.3 Å². The quantitative estimate of drug-likeness (QED) is 0.578. The number of anilines is 1. The summed E-state index contributed by atoms with van der Waals surface area (Å²) in [5.41, 5.74) is 5.04. The highest BCUT2D eigenvalue weighted by Crippen LogP contribution is 2.24. The average Bonchev–Trinajstić information content (AvgIpc) is 2.33. The van der Waals surface area contributed by atoms with Crippen molar-refractivity contribution in [3.8, 4) is 0 Å².